The van der Waals surface area contributed by atoms with E-state index in [2.05, 4.69) is 4.72 Å². The maximum absolute atomic E-state index is 12.2. The third-order valence-electron chi connectivity index (χ3n) is 2.83. The number of aliphatic hydroxyl groups excluding tert-OH is 1. The van der Waals surface area contributed by atoms with Crippen LogP contribution in [0.15, 0.2) is 23.1 Å². The topological polar surface area (TPSA) is 92.4 Å². The molecule has 1 rings (SSSR count). The van der Waals surface area contributed by atoms with Crippen molar-refractivity contribution in [3.63, 3.8) is 0 Å². The molecule has 0 aliphatic heterocycles. The Hall–Kier alpha value is -0.820. The molecule has 1 aromatic carbocycles. The number of aliphatic hydroxyl groups is 1. The first-order valence-electron chi connectivity index (χ1n) is 5.96. The van der Waals surface area contributed by atoms with E-state index in [9.17, 15) is 8.42 Å². The Morgan fingerprint density at radius 2 is 2.05 bits per heavy atom. The number of nitrogens with one attached hydrogen (secondary N) is 1. The first-order chi connectivity index (χ1) is 8.77. The van der Waals surface area contributed by atoms with Crippen LogP contribution in [0.3, 0.4) is 0 Å². The number of hydrogen-bond acceptors (Lipinski definition) is 4. The van der Waals surface area contributed by atoms with Crippen LogP contribution < -0.4 is 10.5 Å². The van der Waals surface area contributed by atoms with Crippen molar-refractivity contribution in [1.82, 2.24) is 4.72 Å². The molecule has 0 bridgehead atoms. The molecule has 1 unspecified atom stereocenters. The van der Waals surface area contributed by atoms with E-state index in [1.807, 2.05) is 13.8 Å². The fourth-order valence-corrected chi connectivity index (χ4v) is 3.20. The Balaban J connectivity index is 2.99. The molecule has 1 atom stereocenters. The molecule has 0 spiro atoms. The van der Waals surface area contributed by atoms with Crippen LogP contribution in [0.2, 0.25) is 5.02 Å². The second kappa shape index (κ2) is 6.56. The van der Waals surface area contributed by atoms with Crippen molar-refractivity contribution in [3.8, 4) is 0 Å². The number of benzene rings is 1. The molecule has 0 amide bonds. The monoisotopic (exact) mass is 306 g/mol. The van der Waals surface area contributed by atoms with E-state index in [-0.39, 0.29) is 29.1 Å². The van der Waals surface area contributed by atoms with Crippen LogP contribution in [-0.4, -0.2) is 26.2 Å². The van der Waals surface area contributed by atoms with Crippen LogP contribution in [0.1, 0.15) is 20.3 Å². The highest BCUT2D eigenvalue weighted by atomic mass is 35.5. The minimum atomic E-state index is -3.67. The molecular formula is C12H19ClN2O3S. The van der Waals surface area contributed by atoms with Gasteiger partial charge in [0.15, 0.2) is 0 Å². The summed E-state index contributed by atoms with van der Waals surface area (Å²) in [5, 5.41) is 9.28. The lowest BCUT2D eigenvalue weighted by molar-refractivity contribution is 0.256. The summed E-state index contributed by atoms with van der Waals surface area (Å²) in [7, 11) is -3.67. The Morgan fingerprint density at radius 3 is 2.53 bits per heavy atom. The van der Waals surface area contributed by atoms with Gasteiger partial charge in [0.05, 0.1) is 15.6 Å². The standard InChI is InChI=1S/C12H19ClN2O3S/c1-8(2)12(5-6-16)15-19(17,18)9-3-4-10(13)11(14)7-9/h3-4,7-8,12,15-16H,5-6,14H2,1-2H3. The first-order valence-corrected chi connectivity index (χ1v) is 7.82. The van der Waals surface area contributed by atoms with E-state index in [1.165, 1.54) is 18.2 Å². The fourth-order valence-electron chi connectivity index (χ4n) is 1.62. The molecule has 4 N–H and O–H groups in total. The Morgan fingerprint density at radius 1 is 1.42 bits per heavy atom. The average Bonchev–Trinajstić information content (AvgIpc) is 2.31. The molecule has 0 fully saturated rings. The van der Waals surface area contributed by atoms with Gasteiger partial charge < -0.3 is 10.8 Å². The van der Waals surface area contributed by atoms with Crippen molar-refractivity contribution in [3.05, 3.63) is 23.2 Å². The van der Waals surface area contributed by atoms with Crippen molar-refractivity contribution in [2.45, 2.75) is 31.2 Å². The van der Waals surface area contributed by atoms with Gasteiger partial charge in [-0.3, -0.25) is 0 Å². The van der Waals surface area contributed by atoms with E-state index in [4.69, 9.17) is 22.4 Å². The van der Waals surface area contributed by atoms with E-state index < -0.39 is 10.0 Å². The van der Waals surface area contributed by atoms with Gasteiger partial charge in [-0.2, -0.15) is 0 Å². The van der Waals surface area contributed by atoms with Crippen molar-refractivity contribution in [1.29, 1.82) is 0 Å². The van der Waals surface area contributed by atoms with Gasteiger partial charge in [-0.25, -0.2) is 13.1 Å². The number of sulfonamides is 1. The molecule has 7 heteroatoms. The summed E-state index contributed by atoms with van der Waals surface area (Å²) in [6.07, 6.45) is 0.361. The largest absolute Gasteiger partial charge is 0.397 e. The van der Waals surface area contributed by atoms with Gasteiger partial charge in [-0.05, 0) is 30.5 Å². The quantitative estimate of drug-likeness (QED) is 0.696. The average molecular weight is 307 g/mol. The molecule has 0 aromatic heterocycles. The summed E-state index contributed by atoms with van der Waals surface area (Å²) in [6, 6.07) is 3.84. The molecule has 0 aliphatic rings. The smallest absolute Gasteiger partial charge is 0.240 e. The van der Waals surface area contributed by atoms with Gasteiger partial charge in [0.1, 0.15) is 0 Å². The highest BCUT2D eigenvalue weighted by Gasteiger charge is 2.22. The van der Waals surface area contributed by atoms with E-state index in [0.717, 1.165) is 0 Å². The molecule has 19 heavy (non-hydrogen) atoms. The summed E-state index contributed by atoms with van der Waals surface area (Å²) in [6.45, 7) is 3.70. The Kier molecular flexibility index (Phi) is 5.61. The summed E-state index contributed by atoms with van der Waals surface area (Å²) < 4.78 is 27.0. The molecule has 108 valence electrons. The van der Waals surface area contributed by atoms with Gasteiger partial charge in [0.25, 0.3) is 0 Å². The van der Waals surface area contributed by atoms with Crippen LogP contribution in [0.25, 0.3) is 0 Å². The molecule has 0 radical (unpaired) electrons. The normalized spacial score (nSPS) is 13.7. The van der Waals surface area contributed by atoms with Crippen molar-refractivity contribution < 1.29 is 13.5 Å². The maximum atomic E-state index is 12.2. The highest BCUT2D eigenvalue weighted by molar-refractivity contribution is 7.89. The van der Waals surface area contributed by atoms with Crippen LogP contribution >= 0.6 is 11.6 Å². The molecule has 1 aromatic rings. The third kappa shape index (κ3) is 4.35. The van der Waals surface area contributed by atoms with E-state index >= 15 is 0 Å². The van der Waals surface area contributed by atoms with E-state index in [0.29, 0.717) is 11.4 Å². The van der Waals surface area contributed by atoms with Gasteiger partial charge in [0, 0.05) is 12.6 Å². The minimum Gasteiger partial charge on any atom is -0.397 e. The van der Waals surface area contributed by atoms with Crippen LogP contribution in [0.4, 0.5) is 5.69 Å². The predicted octanol–water partition coefficient (Wildman–Crippen LogP) is 1.61. The zero-order valence-corrected chi connectivity index (χ0v) is 12.5. The van der Waals surface area contributed by atoms with Gasteiger partial charge in [0.2, 0.25) is 10.0 Å². The summed E-state index contributed by atoms with van der Waals surface area (Å²) in [5.41, 5.74) is 5.82. The van der Waals surface area contributed by atoms with Gasteiger partial charge >= 0.3 is 0 Å². The summed E-state index contributed by atoms with van der Waals surface area (Å²) >= 11 is 5.76. The highest BCUT2D eigenvalue weighted by Crippen LogP contribution is 2.22. The molecule has 0 saturated heterocycles. The van der Waals surface area contributed by atoms with Crippen molar-refractivity contribution >= 4 is 27.3 Å². The van der Waals surface area contributed by atoms with Gasteiger partial charge in [-0.1, -0.05) is 25.4 Å². The lowest BCUT2D eigenvalue weighted by Gasteiger charge is -2.21. The van der Waals surface area contributed by atoms with Gasteiger partial charge in [-0.15, -0.1) is 0 Å². The zero-order chi connectivity index (χ0) is 14.6. The number of nitrogen functional groups attached to an aromatic ring is 1. The maximum Gasteiger partial charge on any atom is 0.240 e. The Labute approximate surface area is 118 Å². The lowest BCUT2D eigenvalue weighted by atomic mass is 10.0. The fraction of sp³-hybridized carbons (Fsp3) is 0.500. The molecule has 0 aliphatic carbocycles. The second-order valence-corrected chi connectivity index (χ2v) is 6.79. The van der Waals surface area contributed by atoms with Crippen LogP contribution in [0.5, 0.6) is 0 Å². The van der Waals surface area contributed by atoms with Crippen LogP contribution in [0, 0.1) is 5.92 Å². The molecule has 0 heterocycles. The molecule has 0 saturated carbocycles. The zero-order valence-electron chi connectivity index (χ0n) is 10.9. The molecular weight excluding hydrogens is 288 g/mol. The SMILES string of the molecule is CC(C)C(CCO)NS(=O)(=O)c1ccc(Cl)c(N)c1. The third-order valence-corrected chi connectivity index (χ3v) is 4.66. The Bertz CT molecular complexity index is 532. The number of anilines is 1. The van der Waals surface area contributed by atoms with Crippen LogP contribution in [-0.2, 0) is 10.0 Å². The van der Waals surface area contributed by atoms with Crippen molar-refractivity contribution in [2.75, 3.05) is 12.3 Å². The number of hydrogen-bond donors (Lipinski definition) is 3. The summed E-state index contributed by atoms with van der Waals surface area (Å²) in [5.74, 6) is 0.0755. The number of rotatable bonds is 6. The number of nitrogens with two attached hydrogens (primary N) is 1. The van der Waals surface area contributed by atoms with Crippen molar-refractivity contribution in [2.24, 2.45) is 5.92 Å². The van der Waals surface area contributed by atoms with E-state index in [1.54, 1.807) is 0 Å². The number of halogens is 1. The lowest BCUT2D eigenvalue weighted by Crippen LogP contribution is -2.39. The minimum absolute atomic E-state index is 0.0676. The molecule has 5 nitrogen and oxygen atoms in total. The predicted molar refractivity (Wildman–Crippen MR) is 76.5 cm³/mol. The second-order valence-electron chi connectivity index (χ2n) is 4.67. The first kappa shape index (κ1) is 16.2. The summed E-state index contributed by atoms with van der Waals surface area (Å²) in [4.78, 5) is 0.0676.